The Labute approximate surface area is 223 Å². The Bertz CT molecular complexity index is 1420. The minimum atomic E-state index is 0.0752. The third-order valence-corrected chi connectivity index (χ3v) is 4.49. The molecule has 10 heteroatoms. The van der Waals surface area contributed by atoms with Gasteiger partial charge in [0.1, 0.15) is 0 Å². The summed E-state index contributed by atoms with van der Waals surface area (Å²) in [5.74, 6) is 0.0752. The van der Waals surface area contributed by atoms with Crippen molar-refractivity contribution in [2.24, 2.45) is 0 Å². The summed E-state index contributed by atoms with van der Waals surface area (Å²) in [5, 5.41) is 24.2. The van der Waals surface area contributed by atoms with Crippen LogP contribution in [0.1, 0.15) is 15.9 Å². The first kappa shape index (κ1) is 32.9. The van der Waals surface area contributed by atoms with E-state index in [4.69, 9.17) is 40.8 Å². The van der Waals surface area contributed by atoms with Crippen LogP contribution in [0.4, 0.5) is 0 Å². The largest absolute Gasteiger partial charge is 0.355 e. The first-order valence-electron chi connectivity index (χ1n) is 10.7. The van der Waals surface area contributed by atoms with Gasteiger partial charge in [-0.05, 0) is 12.1 Å². The van der Waals surface area contributed by atoms with Gasteiger partial charge in [-0.25, -0.2) is 40.8 Å². The summed E-state index contributed by atoms with van der Waals surface area (Å²) in [6.45, 7) is 0. The lowest BCUT2D eigenvalue weighted by Gasteiger charge is -1.99. The Hall–Kier alpha value is -6.13. The van der Waals surface area contributed by atoms with E-state index in [9.17, 15) is 4.79 Å². The van der Waals surface area contributed by atoms with E-state index in [0.29, 0.717) is 0 Å². The molecule has 0 aliphatic heterocycles. The quantitative estimate of drug-likeness (QED) is 0.110. The molecule has 0 aliphatic rings. The fraction of sp³-hybridized carbons (Fsp3) is 0. The number of benzene rings is 4. The summed E-state index contributed by atoms with van der Waals surface area (Å²) < 4.78 is 0. The van der Waals surface area contributed by atoms with E-state index in [2.05, 4.69) is 53.5 Å². The van der Waals surface area contributed by atoms with Crippen molar-refractivity contribution >= 4 is 51.9 Å². The van der Waals surface area contributed by atoms with Crippen LogP contribution in [0.5, 0.6) is 0 Å². The number of isocyanates is 4. The van der Waals surface area contributed by atoms with Crippen molar-refractivity contribution in [3.05, 3.63) is 120 Å². The number of hydrogen-bond acceptors (Lipinski definition) is 9. The lowest BCUT2D eigenvalue weighted by Crippen LogP contribution is -1.99. The van der Waals surface area contributed by atoms with Crippen LogP contribution in [0.2, 0.25) is 0 Å². The minimum Gasteiger partial charge on any atom is -0.355 e. The predicted octanol–water partition coefficient (Wildman–Crippen LogP) is 5.84. The lowest BCUT2D eigenvalue weighted by molar-refractivity contribution is 0.103. The summed E-state index contributed by atoms with van der Waals surface area (Å²) in [7, 11) is 0. The first-order chi connectivity index (χ1) is 19.0. The molecule has 0 aliphatic carbocycles. The van der Waals surface area contributed by atoms with Crippen molar-refractivity contribution in [2.75, 3.05) is 0 Å². The van der Waals surface area contributed by atoms with E-state index in [0.717, 1.165) is 35.4 Å². The molecule has 0 spiro atoms. The van der Waals surface area contributed by atoms with Gasteiger partial charge in [0.25, 0.3) is 0 Å². The molecule has 5 aromatic rings. The fourth-order valence-corrected chi connectivity index (χ4v) is 3.14. The molecular formula is C29H23N5O5. The summed E-state index contributed by atoms with van der Waals surface area (Å²) in [6, 6.07) is 35.4. The number of carbonyl (C=O) groups excluding carboxylic acids is 5. The number of aromatic nitrogens is 1. The highest BCUT2D eigenvalue weighted by Crippen LogP contribution is 2.24. The van der Waals surface area contributed by atoms with E-state index in [1.54, 1.807) is 0 Å². The Morgan fingerprint density at radius 2 is 0.718 bits per heavy atom. The highest BCUT2D eigenvalue weighted by atomic mass is 16.1. The molecule has 0 bridgehead atoms. The normalized spacial score (nSPS) is 8.00. The smallest absolute Gasteiger partial charge is 0.231 e. The van der Waals surface area contributed by atoms with Gasteiger partial charge in [-0.2, -0.15) is 0 Å². The molecule has 0 fully saturated rings. The number of para-hydroxylation sites is 2. The lowest BCUT2D eigenvalue weighted by atomic mass is 10.0. The topological polar surface area (TPSA) is 197 Å². The Morgan fingerprint density at radius 1 is 0.462 bits per heavy atom. The third kappa shape index (κ3) is 12.4. The van der Waals surface area contributed by atoms with Gasteiger partial charge >= 0.3 is 0 Å². The van der Waals surface area contributed by atoms with Gasteiger partial charge < -0.3 is 4.98 Å². The van der Waals surface area contributed by atoms with Gasteiger partial charge in [0.15, 0.2) is 5.78 Å². The van der Waals surface area contributed by atoms with Crippen LogP contribution in [0.15, 0.2) is 109 Å². The number of H-pyrrole nitrogens is 1. The summed E-state index contributed by atoms with van der Waals surface area (Å²) in [5.41, 5.74) is 3.89. The van der Waals surface area contributed by atoms with E-state index in [1.807, 2.05) is 60.7 Å². The molecule has 0 saturated carbocycles. The zero-order valence-electron chi connectivity index (χ0n) is 20.4. The number of aromatic amines is 1. The maximum atomic E-state index is 11.8. The van der Waals surface area contributed by atoms with Gasteiger partial charge in [-0.3, -0.25) is 4.79 Å². The SMILES string of the molecule is N=C=O.N=C=O.N=C=O.N=C=O.O=C(c1ccccc1)c1ccccc1.c1ccc2c(c1)[nH]c1ccccc12. The Kier molecular flexibility index (Phi) is 17.8. The van der Waals surface area contributed by atoms with E-state index >= 15 is 0 Å². The van der Waals surface area contributed by atoms with Gasteiger partial charge in [0.2, 0.25) is 24.3 Å². The van der Waals surface area contributed by atoms with Gasteiger partial charge in [0, 0.05) is 32.9 Å². The van der Waals surface area contributed by atoms with E-state index in [1.165, 1.54) is 21.8 Å². The molecule has 4 aromatic carbocycles. The average Bonchev–Trinajstić information content (AvgIpc) is 3.35. The molecule has 5 N–H and O–H groups in total. The van der Waals surface area contributed by atoms with Crippen LogP contribution < -0.4 is 0 Å². The second-order valence-corrected chi connectivity index (χ2v) is 6.69. The van der Waals surface area contributed by atoms with Crippen molar-refractivity contribution in [2.45, 2.75) is 0 Å². The number of nitrogens with one attached hydrogen (secondary N) is 5. The van der Waals surface area contributed by atoms with Crippen LogP contribution in [-0.4, -0.2) is 35.1 Å². The number of ketones is 1. The molecule has 0 amide bonds. The number of rotatable bonds is 2. The molecule has 194 valence electrons. The molecule has 1 aromatic heterocycles. The van der Waals surface area contributed by atoms with Gasteiger partial charge in [-0.15, -0.1) is 0 Å². The van der Waals surface area contributed by atoms with E-state index < -0.39 is 0 Å². The van der Waals surface area contributed by atoms with Crippen LogP contribution in [0, 0.1) is 21.6 Å². The predicted molar refractivity (Wildman–Crippen MR) is 146 cm³/mol. The summed E-state index contributed by atoms with van der Waals surface area (Å²) in [6.07, 6.45) is 3.00. The molecule has 39 heavy (non-hydrogen) atoms. The minimum absolute atomic E-state index is 0.0752. The zero-order valence-corrected chi connectivity index (χ0v) is 20.4. The fourth-order valence-electron chi connectivity index (χ4n) is 3.14. The molecule has 0 radical (unpaired) electrons. The highest BCUT2D eigenvalue weighted by molar-refractivity contribution is 6.09. The Morgan fingerprint density at radius 3 is 1.03 bits per heavy atom. The van der Waals surface area contributed by atoms with Crippen molar-refractivity contribution in [3.63, 3.8) is 0 Å². The molecular weight excluding hydrogens is 498 g/mol. The van der Waals surface area contributed by atoms with Crippen LogP contribution in [0.3, 0.4) is 0 Å². The third-order valence-electron chi connectivity index (χ3n) is 4.49. The maximum Gasteiger partial charge on any atom is 0.231 e. The van der Waals surface area contributed by atoms with E-state index in [-0.39, 0.29) is 5.78 Å². The van der Waals surface area contributed by atoms with Crippen LogP contribution in [-0.2, 0) is 19.2 Å². The molecule has 0 atom stereocenters. The molecule has 1 heterocycles. The zero-order chi connectivity index (χ0) is 29.3. The number of carbonyl (C=O) groups is 1. The van der Waals surface area contributed by atoms with Crippen molar-refractivity contribution in [3.8, 4) is 0 Å². The van der Waals surface area contributed by atoms with Gasteiger partial charge in [0.05, 0.1) is 0 Å². The standard InChI is InChI=1S/C13H10O.C12H9N.4CHNO/c14-13(11-7-3-1-4-8-11)12-9-5-2-6-10-12;1-3-7-11-9(5-1)10-6-2-4-8-12(10)13-11;4*2-1-3/h1-10H;1-8,13H;4*2H. The van der Waals surface area contributed by atoms with Crippen LogP contribution >= 0.6 is 0 Å². The average molecular weight is 522 g/mol. The van der Waals surface area contributed by atoms with Crippen molar-refractivity contribution in [1.82, 2.24) is 4.98 Å². The summed E-state index contributed by atoms with van der Waals surface area (Å²) in [4.78, 5) is 48.6. The second-order valence-electron chi connectivity index (χ2n) is 6.69. The molecule has 10 nitrogen and oxygen atoms in total. The molecule has 0 unspecified atom stereocenters. The van der Waals surface area contributed by atoms with Crippen molar-refractivity contribution in [1.29, 1.82) is 21.6 Å². The number of hydrogen-bond donors (Lipinski definition) is 5. The highest BCUT2D eigenvalue weighted by Gasteiger charge is 2.06. The Balaban J connectivity index is 0.000000532. The van der Waals surface area contributed by atoms with Crippen molar-refractivity contribution < 1.29 is 24.0 Å². The molecule has 0 saturated heterocycles. The van der Waals surface area contributed by atoms with Crippen LogP contribution in [0.25, 0.3) is 21.8 Å². The first-order valence-corrected chi connectivity index (χ1v) is 10.7. The summed E-state index contributed by atoms with van der Waals surface area (Å²) >= 11 is 0. The van der Waals surface area contributed by atoms with Gasteiger partial charge in [-0.1, -0.05) is 97.1 Å². The second kappa shape index (κ2) is 21.2. The number of fused-ring (bicyclic) bond motifs is 3. The maximum absolute atomic E-state index is 11.8. The molecule has 5 rings (SSSR count). The monoisotopic (exact) mass is 521 g/mol.